The number of hydrogen-bond donors (Lipinski definition) is 3. The lowest BCUT2D eigenvalue weighted by Gasteiger charge is -2.73. The second-order valence-corrected chi connectivity index (χ2v) is 14.7. The highest BCUT2D eigenvalue weighted by molar-refractivity contribution is 5.23. The van der Waals surface area contributed by atoms with Gasteiger partial charge in [0.1, 0.15) is 0 Å². The van der Waals surface area contributed by atoms with E-state index >= 15 is 0 Å². The molecular formula is C30H50O3. The Morgan fingerprint density at radius 3 is 2.15 bits per heavy atom. The molecule has 5 fully saturated rings. The van der Waals surface area contributed by atoms with E-state index in [1.165, 1.54) is 31.3 Å². The molecule has 5 aliphatic rings. The lowest BCUT2D eigenvalue weighted by Crippen LogP contribution is -2.68. The number of rotatable bonds is 2. The van der Waals surface area contributed by atoms with Gasteiger partial charge >= 0.3 is 0 Å². The van der Waals surface area contributed by atoms with Crippen molar-refractivity contribution in [3.8, 4) is 0 Å². The van der Waals surface area contributed by atoms with E-state index in [0.29, 0.717) is 29.6 Å². The van der Waals surface area contributed by atoms with E-state index in [-0.39, 0.29) is 39.8 Å². The smallest absolute Gasteiger partial charge is 0.0626 e. The SMILES string of the molecule is C=C(C)[C@@H]1CC[C@]2(CO)C(O)C[C@]3(C)[C@H](CC[C@@H]4[C@@]5(C)CCC(O)C(C)(C)[C@@H]5CC[C@]43C)[C@@H]12. The van der Waals surface area contributed by atoms with Crippen molar-refractivity contribution in [2.45, 2.75) is 112 Å². The number of fused-ring (bicyclic) bond motifs is 7. The zero-order chi connectivity index (χ0) is 24.2. The Morgan fingerprint density at radius 1 is 0.818 bits per heavy atom. The molecule has 0 aromatic rings. The Morgan fingerprint density at radius 2 is 1.52 bits per heavy atom. The zero-order valence-corrected chi connectivity index (χ0v) is 22.2. The highest BCUT2D eigenvalue weighted by atomic mass is 16.3. The minimum atomic E-state index is -0.427. The monoisotopic (exact) mass is 458 g/mol. The minimum absolute atomic E-state index is 0.0271. The number of allylic oxidation sites excluding steroid dienone is 1. The van der Waals surface area contributed by atoms with Crippen LogP contribution in [0.5, 0.6) is 0 Å². The minimum Gasteiger partial charge on any atom is -0.396 e. The van der Waals surface area contributed by atoms with Crippen molar-refractivity contribution in [1.82, 2.24) is 0 Å². The van der Waals surface area contributed by atoms with Crippen molar-refractivity contribution < 1.29 is 15.3 Å². The van der Waals surface area contributed by atoms with Gasteiger partial charge in [-0.1, -0.05) is 46.8 Å². The highest BCUT2D eigenvalue weighted by Crippen LogP contribution is 2.77. The molecule has 2 unspecified atom stereocenters. The van der Waals surface area contributed by atoms with Gasteiger partial charge in [-0.15, -0.1) is 0 Å². The third-order valence-corrected chi connectivity index (χ3v) is 13.6. The van der Waals surface area contributed by atoms with Crippen LogP contribution in [0.3, 0.4) is 0 Å². The van der Waals surface area contributed by atoms with Gasteiger partial charge in [-0.05, 0) is 116 Å². The molecule has 0 spiro atoms. The Labute approximate surface area is 202 Å². The first-order chi connectivity index (χ1) is 15.3. The summed E-state index contributed by atoms with van der Waals surface area (Å²) in [6.45, 7) is 18.9. The molecule has 188 valence electrons. The molecule has 0 bridgehead atoms. The van der Waals surface area contributed by atoms with Gasteiger partial charge in [-0.3, -0.25) is 0 Å². The van der Waals surface area contributed by atoms with Crippen LogP contribution >= 0.6 is 0 Å². The van der Waals surface area contributed by atoms with Crippen LogP contribution in [0.1, 0.15) is 99.3 Å². The second kappa shape index (κ2) is 7.32. The molecule has 33 heavy (non-hydrogen) atoms. The van der Waals surface area contributed by atoms with Crippen LogP contribution in [-0.2, 0) is 0 Å². The van der Waals surface area contributed by atoms with Crippen molar-refractivity contribution in [1.29, 1.82) is 0 Å². The molecule has 0 heterocycles. The predicted octanol–water partition coefficient (Wildman–Crippen LogP) is 5.97. The number of aliphatic hydroxyl groups is 3. The van der Waals surface area contributed by atoms with E-state index in [1.807, 2.05) is 0 Å². The van der Waals surface area contributed by atoms with Gasteiger partial charge < -0.3 is 15.3 Å². The molecule has 3 N–H and O–H groups in total. The van der Waals surface area contributed by atoms with Crippen molar-refractivity contribution in [3.63, 3.8) is 0 Å². The summed E-state index contributed by atoms with van der Waals surface area (Å²) in [6.07, 6.45) is 9.12. The molecule has 0 saturated heterocycles. The topological polar surface area (TPSA) is 60.7 Å². The second-order valence-electron chi connectivity index (χ2n) is 14.7. The van der Waals surface area contributed by atoms with Crippen LogP contribution in [0.25, 0.3) is 0 Å². The van der Waals surface area contributed by atoms with Crippen LogP contribution < -0.4 is 0 Å². The van der Waals surface area contributed by atoms with Gasteiger partial charge in [-0.2, -0.15) is 0 Å². The summed E-state index contributed by atoms with van der Waals surface area (Å²) < 4.78 is 0. The molecule has 0 aromatic heterocycles. The molecule has 0 aliphatic heterocycles. The maximum atomic E-state index is 11.7. The van der Waals surface area contributed by atoms with Crippen LogP contribution in [-0.4, -0.2) is 34.1 Å². The van der Waals surface area contributed by atoms with E-state index in [1.54, 1.807) is 0 Å². The normalized spacial score (nSPS) is 57.4. The summed E-state index contributed by atoms with van der Waals surface area (Å²) in [6, 6.07) is 0. The average molecular weight is 459 g/mol. The summed E-state index contributed by atoms with van der Waals surface area (Å²) in [5.41, 5.74) is 1.40. The first-order valence-electron chi connectivity index (χ1n) is 13.9. The maximum Gasteiger partial charge on any atom is 0.0626 e. The first-order valence-corrected chi connectivity index (χ1v) is 13.9. The van der Waals surface area contributed by atoms with E-state index in [4.69, 9.17) is 0 Å². The fourth-order valence-electron chi connectivity index (χ4n) is 11.6. The molecule has 11 atom stereocenters. The van der Waals surface area contributed by atoms with Crippen molar-refractivity contribution in [3.05, 3.63) is 12.2 Å². The maximum absolute atomic E-state index is 11.7. The third-order valence-electron chi connectivity index (χ3n) is 13.6. The number of aliphatic hydroxyl groups excluding tert-OH is 3. The average Bonchev–Trinajstić information content (AvgIpc) is 3.13. The van der Waals surface area contributed by atoms with Crippen molar-refractivity contribution in [2.24, 2.45) is 56.7 Å². The van der Waals surface area contributed by atoms with Crippen molar-refractivity contribution >= 4 is 0 Å². The van der Waals surface area contributed by atoms with Crippen LogP contribution in [0.15, 0.2) is 12.2 Å². The van der Waals surface area contributed by atoms with Gasteiger partial charge in [0.25, 0.3) is 0 Å². The molecule has 0 radical (unpaired) electrons. The fraction of sp³-hybridized carbons (Fsp3) is 0.933. The van der Waals surface area contributed by atoms with Crippen LogP contribution in [0.4, 0.5) is 0 Å². The highest BCUT2D eigenvalue weighted by Gasteiger charge is 2.72. The largest absolute Gasteiger partial charge is 0.396 e. The van der Waals surface area contributed by atoms with E-state index in [2.05, 4.69) is 48.1 Å². The summed E-state index contributed by atoms with van der Waals surface area (Å²) in [5.74, 6) is 2.51. The number of hydrogen-bond acceptors (Lipinski definition) is 3. The summed E-state index contributed by atoms with van der Waals surface area (Å²) in [4.78, 5) is 0. The van der Waals surface area contributed by atoms with Crippen molar-refractivity contribution in [2.75, 3.05) is 6.61 Å². The van der Waals surface area contributed by atoms with Gasteiger partial charge in [0.2, 0.25) is 0 Å². The predicted molar refractivity (Wildman–Crippen MR) is 133 cm³/mol. The summed E-state index contributed by atoms with van der Waals surface area (Å²) >= 11 is 0. The Balaban J connectivity index is 1.58. The lowest BCUT2D eigenvalue weighted by molar-refractivity contribution is -0.266. The molecule has 5 saturated carbocycles. The molecule has 5 rings (SSSR count). The molecule has 5 aliphatic carbocycles. The molecule has 0 amide bonds. The van der Waals surface area contributed by atoms with Crippen LogP contribution in [0.2, 0.25) is 0 Å². The third kappa shape index (κ3) is 2.80. The van der Waals surface area contributed by atoms with Crippen LogP contribution in [0, 0.1) is 56.7 Å². The first kappa shape index (κ1) is 24.3. The van der Waals surface area contributed by atoms with E-state index in [0.717, 1.165) is 32.1 Å². The Bertz CT molecular complexity index is 819. The fourth-order valence-corrected chi connectivity index (χ4v) is 11.6. The Hall–Kier alpha value is -0.380. The summed E-state index contributed by atoms with van der Waals surface area (Å²) in [5, 5.41) is 33.3. The molecule has 0 aromatic carbocycles. The van der Waals surface area contributed by atoms with Gasteiger partial charge in [0.15, 0.2) is 0 Å². The summed E-state index contributed by atoms with van der Waals surface area (Å²) in [7, 11) is 0. The lowest BCUT2D eigenvalue weighted by atomic mass is 9.32. The molecule has 3 nitrogen and oxygen atoms in total. The van der Waals surface area contributed by atoms with Gasteiger partial charge in [0.05, 0.1) is 18.8 Å². The van der Waals surface area contributed by atoms with Gasteiger partial charge in [0, 0.05) is 5.41 Å². The quantitative estimate of drug-likeness (QED) is 0.447. The standard InChI is InChI=1S/C30H50O3/c1-18(2)19-10-15-30(17-31)24(33)16-29(7)20(25(19)30)8-9-22-27(5)13-12-23(32)26(3,4)21(27)11-14-28(22,29)6/h19-25,31-33H,1,8-17H2,2-7H3/t19-,20+,21-,22+,23?,24?,25+,27-,28+,29+,30-/m0/s1. The molecule has 3 heteroatoms. The Kier molecular flexibility index (Phi) is 5.40. The van der Waals surface area contributed by atoms with E-state index < -0.39 is 6.10 Å². The zero-order valence-electron chi connectivity index (χ0n) is 22.2. The molecular weight excluding hydrogens is 408 g/mol. The van der Waals surface area contributed by atoms with E-state index in [9.17, 15) is 15.3 Å². The van der Waals surface area contributed by atoms with Gasteiger partial charge in [-0.25, -0.2) is 0 Å².